The molecular formula is C15H19N3O3S. The van der Waals surface area contributed by atoms with Crippen LogP contribution in [0.4, 0.5) is 5.69 Å². The predicted molar refractivity (Wildman–Crippen MR) is 85.2 cm³/mol. The zero-order valence-corrected chi connectivity index (χ0v) is 14.1. The molecule has 0 radical (unpaired) electrons. The number of amides is 1. The molecule has 0 bridgehead atoms. The summed E-state index contributed by atoms with van der Waals surface area (Å²) >= 11 is 1.30. The molecule has 7 heteroatoms. The summed E-state index contributed by atoms with van der Waals surface area (Å²) in [6, 6.07) is 1.84. The van der Waals surface area contributed by atoms with Crippen LogP contribution in [0.2, 0.25) is 0 Å². The molecule has 0 spiro atoms. The lowest BCUT2D eigenvalue weighted by Gasteiger charge is -2.13. The fraction of sp³-hybridized carbons (Fsp3) is 0.400. The molecule has 2 rings (SSSR count). The third-order valence-electron chi connectivity index (χ3n) is 3.46. The highest BCUT2D eigenvalue weighted by atomic mass is 32.1. The van der Waals surface area contributed by atoms with Crippen LogP contribution in [-0.2, 0) is 16.6 Å². The number of aryl methyl sites for hydroxylation is 3. The van der Waals surface area contributed by atoms with Crippen LogP contribution in [0.25, 0.3) is 0 Å². The summed E-state index contributed by atoms with van der Waals surface area (Å²) in [6.07, 6.45) is -0.881. The van der Waals surface area contributed by atoms with Crippen molar-refractivity contribution in [3.05, 3.63) is 33.3 Å². The van der Waals surface area contributed by atoms with Gasteiger partial charge in [0, 0.05) is 7.05 Å². The standard InChI is InChI=1S/C15H19N3O3S/c1-8-6-7-22-13(8)15(20)21-11(4)14(19)16-12-9(2)17-18(5)10(12)3/h6-7,11H,1-5H3,(H,16,19)/t11-/m0/s1. The molecule has 0 fully saturated rings. The van der Waals surface area contributed by atoms with E-state index in [1.165, 1.54) is 11.3 Å². The van der Waals surface area contributed by atoms with Gasteiger partial charge < -0.3 is 10.1 Å². The van der Waals surface area contributed by atoms with Gasteiger partial charge in [-0.1, -0.05) is 0 Å². The van der Waals surface area contributed by atoms with E-state index in [0.717, 1.165) is 17.0 Å². The molecule has 2 aromatic heterocycles. The van der Waals surface area contributed by atoms with Crippen molar-refractivity contribution < 1.29 is 14.3 Å². The molecule has 0 saturated heterocycles. The van der Waals surface area contributed by atoms with E-state index < -0.39 is 12.1 Å². The van der Waals surface area contributed by atoms with E-state index in [2.05, 4.69) is 10.4 Å². The van der Waals surface area contributed by atoms with E-state index >= 15 is 0 Å². The number of anilines is 1. The zero-order chi connectivity index (χ0) is 16.4. The van der Waals surface area contributed by atoms with Crippen molar-refractivity contribution in [2.75, 3.05) is 5.32 Å². The van der Waals surface area contributed by atoms with E-state index in [4.69, 9.17) is 4.74 Å². The smallest absolute Gasteiger partial charge is 0.349 e. The van der Waals surface area contributed by atoms with E-state index in [1.54, 1.807) is 18.7 Å². The van der Waals surface area contributed by atoms with E-state index in [1.807, 2.05) is 32.2 Å². The maximum Gasteiger partial charge on any atom is 0.349 e. The number of hydrogen-bond acceptors (Lipinski definition) is 5. The summed E-state index contributed by atoms with van der Waals surface area (Å²) in [4.78, 5) is 24.7. The molecule has 1 atom stereocenters. The van der Waals surface area contributed by atoms with Crippen LogP contribution >= 0.6 is 11.3 Å². The quantitative estimate of drug-likeness (QED) is 0.879. The number of aromatic nitrogens is 2. The topological polar surface area (TPSA) is 73.2 Å². The largest absolute Gasteiger partial charge is 0.448 e. The van der Waals surface area contributed by atoms with Crippen molar-refractivity contribution in [3.63, 3.8) is 0 Å². The molecule has 1 N–H and O–H groups in total. The van der Waals surface area contributed by atoms with Crippen molar-refractivity contribution in [1.29, 1.82) is 0 Å². The van der Waals surface area contributed by atoms with Gasteiger partial charge >= 0.3 is 5.97 Å². The summed E-state index contributed by atoms with van der Waals surface area (Å²) in [6.45, 7) is 7.06. The molecule has 0 aliphatic rings. The number of rotatable bonds is 4. The number of nitrogens with one attached hydrogen (secondary N) is 1. The Morgan fingerprint density at radius 3 is 2.55 bits per heavy atom. The van der Waals surface area contributed by atoms with Crippen LogP contribution in [0.5, 0.6) is 0 Å². The first kappa shape index (κ1) is 16.2. The van der Waals surface area contributed by atoms with Crippen molar-refractivity contribution in [3.8, 4) is 0 Å². The monoisotopic (exact) mass is 321 g/mol. The molecule has 2 aromatic rings. The summed E-state index contributed by atoms with van der Waals surface area (Å²) in [5.74, 6) is -0.850. The molecular weight excluding hydrogens is 302 g/mol. The molecule has 0 unspecified atom stereocenters. The van der Waals surface area contributed by atoms with Gasteiger partial charge in [0.1, 0.15) is 4.88 Å². The van der Waals surface area contributed by atoms with Gasteiger partial charge in [0.15, 0.2) is 6.10 Å². The minimum absolute atomic E-state index is 0.373. The number of ether oxygens (including phenoxy) is 1. The minimum Gasteiger partial charge on any atom is -0.448 e. The van der Waals surface area contributed by atoms with Crippen LogP contribution in [0.1, 0.15) is 33.5 Å². The van der Waals surface area contributed by atoms with E-state index in [9.17, 15) is 9.59 Å². The number of carbonyl (C=O) groups excluding carboxylic acids is 2. The van der Waals surface area contributed by atoms with Gasteiger partial charge in [-0.2, -0.15) is 5.10 Å². The molecule has 0 aliphatic carbocycles. The highest BCUT2D eigenvalue weighted by Crippen LogP contribution is 2.20. The van der Waals surface area contributed by atoms with E-state index in [-0.39, 0.29) is 5.91 Å². The lowest BCUT2D eigenvalue weighted by atomic mass is 10.2. The number of hydrogen-bond donors (Lipinski definition) is 1. The Bertz CT molecular complexity index is 718. The van der Waals surface area contributed by atoms with Gasteiger partial charge in [-0.05, 0) is 44.7 Å². The van der Waals surface area contributed by atoms with Crippen LogP contribution in [0.15, 0.2) is 11.4 Å². The van der Waals surface area contributed by atoms with Gasteiger partial charge in [0.25, 0.3) is 5.91 Å². The second kappa shape index (κ2) is 6.31. The molecule has 22 heavy (non-hydrogen) atoms. The first-order valence-electron chi connectivity index (χ1n) is 6.87. The maximum absolute atomic E-state index is 12.2. The number of esters is 1. The molecule has 0 aromatic carbocycles. The Kier molecular flexibility index (Phi) is 4.65. The first-order valence-corrected chi connectivity index (χ1v) is 7.75. The van der Waals surface area contributed by atoms with Gasteiger partial charge in [-0.15, -0.1) is 11.3 Å². The summed E-state index contributed by atoms with van der Waals surface area (Å²) in [5, 5.41) is 8.82. The van der Waals surface area contributed by atoms with Crippen LogP contribution in [-0.4, -0.2) is 27.8 Å². The Hall–Kier alpha value is -2.15. The number of thiophene rings is 1. The summed E-state index contributed by atoms with van der Waals surface area (Å²) in [5.41, 5.74) is 3.07. The Balaban J connectivity index is 2.04. The molecule has 2 heterocycles. The second-order valence-corrected chi connectivity index (χ2v) is 6.06. The number of carbonyl (C=O) groups is 2. The lowest BCUT2D eigenvalue weighted by Crippen LogP contribution is -2.30. The lowest BCUT2D eigenvalue weighted by molar-refractivity contribution is -0.123. The van der Waals surface area contributed by atoms with Gasteiger partial charge in [-0.25, -0.2) is 4.79 Å². The first-order chi connectivity index (χ1) is 10.3. The summed E-state index contributed by atoms with van der Waals surface area (Å²) in [7, 11) is 1.81. The molecule has 0 saturated carbocycles. The van der Waals surface area contributed by atoms with Crippen LogP contribution in [0.3, 0.4) is 0 Å². The third kappa shape index (κ3) is 3.19. The Morgan fingerprint density at radius 2 is 2.05 bits per heavy atom. The maximum atomic E-state index is 12.2. The van der Waals surface area contributed by atoms with Gasteiger partial charge in [-0.3, -0.25) is 9.48 Å². The molecule has 6 nitrogen and oxygen atoms in total. The second-order valence-electron chi connectivity index (χ2n) is 5.14. The predicted octanol–water partition coefficient (Wildman–Crippen LogP) is 2.59. The molecule has 1 amide bonds. The average molecular weight is 321 g/mol. The normalized spacial score (nSPS) is 12.0. The van der Waals surface area contributed by atoms with Gasteiger partial charge in [0.2, 0.25) is 0 Å². The summed E-state index contributed by atoms with van der Waals surface area (Å²) < 4.78 is 6.92. The van der Waals surface area contributed by atoms with Crippen LogP contribution < -0.4 is 5.32 Å². The average Bonchev–Trinajstić information content (AvgIpc) is 2.97. The van der Waals surface area contributed by atoms with E-state index in [0.29, 0.717) is 10.6 Å². The highest BCUT2D eigenvalue weighted by molar-refractivity contribution is 7.12. The SMILES string of the molecule is Cc1ccsc1C(=O)O[C@@H](C)C(=O)Nc1c(C)nn(C)c1C. The molecule has 0 aliphatic heterocycles. The molecule has 118 valence electrons. The Labute approximate surface area is 133 Å². The fourth-order valence-corrected chi connectivity index (χ4v) is 2.84. The van der Waals surface area contributed by atoms with Crippen molar-refractivity contribution >= 4 is 28.9 Å². The van der Waals surface area contributed by atoms with Crippen molar-refractivity contribution in [2.45, 2.75) is 33.8 Å². The minimum atomic E-state index is -0.881. The van der Waals surface area contributed by atoms with Crippen molar-refractivity contribution in [1.82, 2.24) is 9.78 Å². The Morgan fingerprint density at radius 1 is 1.36 bits per heavy atom. The zero-order valence-electron chi connectivity index (χ0n) is 13.3. The van der Waals surface area contributed by atoms with Gasteiger partial charge in [0.05, 0.1) is 17.1 Å². The van der Waals surface area contributed by atoms with Crippen molar-refractivity contribution in [2.24, 2.45) is 7.05 Å². The third-order valence-corrected chi connectivity index (χ3v) is 4.45. The van der Waals surface area contributed by atoms with Crippen LogP contribution in [0, 0.1) is 20.8 Å². The number of nitrogens with zero attached hydrogens (tertiary/aromatic N) is 2. The highest BCUT2D eigenvalue weighted by Gasteiger charge is 2.22. The fourth-order valence-electron chi connectivity index (χ4n) is 2.03.